The first-order chi connectivity index (χ1) is 6.72. The molecule has 3 heteroatoms. The van der Waals surface area contributed by atoms with E-state index in [1.54, 1.807) is 24.4 Å². The van der Waals surface area contributed by atoms with Crippen molar-refractivity contribution < 1.29 is 9.59 Å². The standard InChI is InChI=1S/C11H9NO2/c1-8(14)9-2-3-11-10(6-9)4-5-12(11)7-13/h2-7H,1H3. The third-order valence-corrected chi connectivity index (χ3v) is 2.24. The molecule has 0 amide bonds. The lowest BCUT2D eigenvalue weighted by Crippen LogP contribution is -1.93. The van der Waals surface area contributed by atoms with Gasteiger partial charge in [-0.15, -0.1) is 0 Å². The van der Waals surface area contributed by atoms with Crippen LogP contribution in [0.4, 0.5) is 0 Å². The molecule has 2 aromatic rings. The number of Topliss-reactive ketones (excluding diaryl/α,β-unsaturated/α-hetero) is 1. The van der Waals surface area contributed by atoms with Gasteiger partial charge in [0.1, 0.15) is 0 Å². The molecule has 0 radical (unpaired) electrons. The molecule has 0 N–H and O–H groups in total. The minimum Gasteiger partial charge on any atom is -0.295 e. The van der Waals surface area contributed by atoms with E-state index < -0.39 is 0 Å². The summed E-state index contributed by atoms with van der Waals surface area (Å²) in [5.74, 6) is 0.0331. The number of hydrogen-bond acceptors (Lipinski definition) is 2. The van der Waals surface area contributed by atoms with Crippen LogP contribution in [-0.4, -0.2) is 16.8 Å². The molecule has 0 saturated heterocycles. The van der Waals surface area contributed by atoms with Crippen molar-refractivity contribution in [3.8, 4) is 0 Å². The third-order valence-electron chi connectivity index (χ3n) is 2.24. The van der Waals surface area contributed by atoms with E-state index in [2.05, 4.69) is 0 Å². The Kier molecular flexibility index (Phi) is 1.93. The summed E-state index contributed by atoms with van der Waals surface area (Å²) in [5, 5.41) is 0.907. The summed E-state index contributed by atoms with van der Waals surface area (Å²) >= 11 is 0. The zero-order chi connectivity index (χ0) is 10.1. The second-order valence-corrected chi connectivity index (χ2v) is 3.16. The van der Waals surface area contributed by atoms with Crippen LogP contribution in [0.2, 0.25) is 0 Å². The number of rotatable bonds is 2. The van der Waals surface area contributed by atoms with Crippen LogP contribution in [0.15, 0.2) is 30.5 Å². The largest absolute Gasteiger partial charge is 0.295 e. The summed E-state index contributed by atoms with van der Waals surface area (Å²) in [7, 11) is 0. The molecule has 70 valence electrons. The summed E-state index contributed by atoms with van der Waals surface area (Å²) in [6.07, 6.45) is 2.43. The van der Waals surface area contributed by atoms with Gasteiger partial charge in [0, 0.05) is 17.1 Å². The molecule has 0 unspecified atom stereocenters. The maximum atomic E-state index is 11.1. The van der Waals surface area contributed by atoms with E-state index in [1.807, 2.05) is 6.07 Å². The fraction of sp³-hybridized carbons (Fsp3) is 0.0909. The average molecular weight is 187 g/mol. The molecule has 0 aliphatic carbocycles. The highest BCUT2D eigenvalue weighted by Crippen LogP contribution is 2.16. The van der Waals surface area contributed by atoms with Gasteiger partial charge in [-0.3, -0.25) is 14.2 Å². The zero-order valence-corrected chi connectivity index (χ0v) is 7.73. The van der Waals surface area contributed by atoms with Gasteiger partial charge in [-0.2, -0.15) is 0 Å². The van der Waals surface area contributed by atoms with Crippen molar-refractivity contribution in [2.24, 2.45) is 0 Å². The van der Waals surface area contributed by atoms with Crippen LogP contribution in [0, 0.1) is 0 Å². The molecule has 0 spiro atoms. The van der Waals surface area contributed by atoms with Gasteiger partial charge >= 0.3 is 0 Å². The second-order valence-electron chi connectivity index (χ2n) is 3.16. The number of ketones is 1. The summed E-state index contributed by atoms with van der Waals surface area (Å²) in [6.45, 7) is 1.53. The van der Waals surface area contributed by atoms with Gasteiger partial charge in [0.15, 0.2) is 5.78 Å². The highest BCUT2D eigenvalue weighted by Gasteiger charge is 2.03. The number of nitrogens with zero attached hydrogens (tertiary/aromatic N) is 1. The van der Waals surface area contributed by atoms with Gasteiger partial charge in [-0.05, 0) is 31.2 Å². The molecule has 2 rings (SSSR count). The second kappa shape index (κ2) is 3.10. The molecular formula is C11H9NO2. The summed E-state index contributed by atoms with van der Waals surface area (Å²) < 4.78 is 1.49. The first-order valence-electron chi connectivity index (χ1n) is 4.29. The van der Waals surface area contributed by atoms with Crippen molar-refractivity contribution in [1.82, 2.24) is 4.57 Å². The van der Waals surface area contributed by atoms with Crippen LogP contribution in [0.25, 0.3) is 10.9 Å². The lowest BCUT2D eigenvalue weighted by Gasteiger charge is -1.97. The van der Waals surface area contributed by atoms with Crippen molar-refractivity contribution in [3.63, 3.8) is 0 Å². The molecule has 0 bridgehead atoms. The van der Waals surface area contributed by atoms with Crippen molar-refractivity contribution in [3.05, 3.63) is 36.0 Å². The van der Waals surface area contributed by atoms with E-state index in [0.29, 0.717) is 5.56 Å². The van der Waals surface area contributed by atoms with E-state index in [1.165, 1.54) is 11.5 Å². The van der Waals surface area contributed by atoms with Crippen LogP contribution in [0.1, 0.15) is 17.3 Å². The molecule has 3 nitrogen and oxygen atoms in total. The summed E-state index contributed by atoms with van der Waals surface area (Å²) in [6, 6.07) is 7.11. The Labute approximate surface area is 81.0 Å². The fourth-order valence-electron chi connectivity index (χ4n) is 1.47. The smallest absolute Gasteiger partial charge is 0.218 e. The first-order valence-corrected chi connectivity index (χ1v) is 4.29. The molecule has 14 heavy (non-hydrogen) atoms. The van der Waals surface area contributed by atoms with Crippen molar-refractivity contribution >= 4 is 23.1 Å². The topological polar surface area (TPSA) is 39.1 Å². The Bertz CT molecular complexity index is 511. The molecule has 1 aromatic carbocycles. The predicted molar refractivity (Wildman–Crippen MR) is 54.1 cm³/mol. The Hall–Kier alpha value is -1.90. The predicted octanol–water partition coefficient (Wildman–Crippen LogP) is 1.88. The zero-order valence-electron chi connectivity index (χ0n) is 7.73. The van der Waals surface area contributed by atoms with E-state index in [0.717, 1.165) is 17.3 Å². The summed E-state index contributed by atoms with van der Waals surface area (Å²) in [4.78, 5) is 21.7. The quantitative estimate of drug-likeness (QED) is 0.532. The Morgan fingerprint density at radius 3 is 2.79 bits per heavy atom. The number of fused-ring (bicyclic) bond motifs is 1. The van der Waals surface area contributed by atoms with Crippen LogP contribution in [0.5, 0.6) is 0 Å². The molecule has 0 aliphatic heterocycles. The number of benzene rings is 1. The van der Waals surface area contributed by atoms with Crippen LogP contribution in [0.3, 0.4) is 0 Å². The fourth-order valence-corrected chi connectivity index (χ4v) is 1.47. The molecule has 0 atom stereocenters. The van der Waals surface area contributed by atoms with Gasteiger partial charge < -0.3 is 0 Å². The van der Waals surface area contributed by atoms with E-state index in [-0.39, 0.29) is 5.78 Å². The first kappa shape index (κ1) is 8.69. The lowest BCUT2D eigenvalue weighted by molar-refractivity contribution is 0.101. The molecule has 1 aromatic heterocycles. The molecular weight excluding hydrogens is 178 g/mol. The average Bonchev–Trinajstić information content (AvgIpc) is 2.59. The monoisotopic (exact) mass is 187 g/mol. The highest BCUT2D eigenvalue weighted by atomic mass is 16.1. The van der Waals surface area contributed by atoms with E-state index in [4.69, 9.17) is 0 Å². The van der Waals surface area contributed by atoms with E-state index in [9.17, 15) is 9.59 Å². The normalized spacial score (nSPS) is 10.4. The third kappa shape index (κ3) is 1.23. The molecule has 0 saturated carbocycles. The van der Waals surface area contributed by atoms with Crippen LogP contribution >= 0.6 is 0 Å². The van der Waals surface area contributed by atoms with Gasteiger partial charge in [-0.25, -0.2) is 0 Å². The minimum atomic E-state index is 0.0331. The number of carbonyl (C=O) groups excluding carboxylic acids is 2. The summed E-state index contributed by atoms with van der Waals surface area (Å²) in [5.41, 5.74) is 1.49. The van der Waals surface area contributed by atoms with Gasteiger partial charge in [-0.1, -0.05) is 0 Å². The Balaban J connectivity index is 2.68. The molecule has 0 fully saturated rings. The van der Waals surface area contributed by atoms with Crippen molar-refractivity contribution in [2.75, 3.05) is 0 Å². The Morgan fingerprint density at radius 1 is 1.36 bits per heavy atom. The highest BCUT2D eigenvalue weighted by molar-refractivity contribution is 5.98. The van der Waals surface area contributed by atoms with Gasteiger partial charge in [0.05, 0.1) is 5.52 Å². The van der Waals surface area contributed by atoms with Crippen molar-refractivity contribution in [1.29, 1.82) is 0 Å². The number of hydrogen-bond donors (Lipinski definition) is 0. The van der Waals surface area contributed by atoms with Crippen molar-refractivity contribution in [2.45, 2.75) is 6.92 Å². The van der Waals surface area contributed by atoms with Gasteiger partial charge in [0.2, 0.25) is 6.41 Å². The maximum absolute atomic E-state index is 11.1. The van der Waals surface area contributed by atoms with E-state index >= 15 is 0 Å². The number of aromatic nitrogens is 1. The minimum absolute atomic E-state index is 0.0331. The van der Waals surface area contributed by atoms with Gasteiger partial charge in [0.25, 0.3) is 0 Å². The molecule has 1 heterocycles. The molecule has 0 aliphatic rings. The van der Waals surface area contributed by atoms with Crippen LogP contribution < -0.4 is 0 Å². The SMILES string of the molecule is CC(=O)c1ccc2c(ccn2C=O)c1. The van der Waals surface area contributed by atoms with Crippen LogP contribution in [-0.2, 0) is 4.79 Å². The maximum Gasteiger partial charge on any atom is 0.218 e. The Morgan fingerprint density at radius 2 is 2.14 bits per heavy atom. The number of carbonyl (C=O) groups is 2. The lowest BCUT2D eigenvalue weighted by atomic mass is 10.1.